The van der Waals surface area contributed by atoms with Gasteiger partial charge in [0.2, 0.25) is 11.8 Å². The Bertz CT molecular complexity index is 742. The molecule has 27 heavy (non-hydrogen) atoms. The minimum absolute atomic E-state index is 0. The highest BCUT2D eigenvalue weighted by Crippen LogP contribution is 2.32. The van der Waals surface area contributed by atoms with Crippen molar-refractivity contribution in [1.82, 2.24) is 15.0 Å². The topological polar surface area (TPSA) is 85.2 Å². The van der Waals surface area contributed by atoms with Gasteiger partial charge in [-0.2, -0.15) is 4.98 Å². The number of likely N-dealkylation sites (tertiary alicyclic amines) is 1. The number of hydrogen-bond donors (Lipinski definition) is 1. The van der Waals surface area contributed by atoms with E-state index in [0.29, 0.717) is 49.5 Å². The predicted molar refractivity (Wildman–Crippen MR) is 107 cm³/mol. The minimum Gasteiger partial charge on any atom is -0.342 e. The fourth-order valence-electron chi connectivity index (χ4n) is 3.42. The molecule has 1 aliphatic heterocycles. The van der Waals surface area contributed by atoms with Crippen molar-refractivity contribution in [3.63, 3.8) is 0 Å². The average molecular weight is 393 g/mol. The number of hydrogen-bond acceptors (Lipinski definition) is 5. The van der Waals surface area contributed by atoms with Gasteiger partial charge >= 0.3 is 0 Å². The summed E-state index contributed by atoms with van der Waals surface area (Å²) in [6.45, 7) is 8.13. The molecule has 2 atom stereocenters. The highest BCUT2D eigenvalue weighted by molar-refractivity contribution is 5.85. The van der Waals surface area contributed by atoms with E-state index >= 15 is 0 Å². The smallest absolute Gasteiger partial charge is 0.227 e. The summed E-state index contributed by atoms with van der Waals surface area (Å²) in [5.41, 5.74) is 7.06. The molecule has 1 amide bonds. The number of aromatic nitrogens is 2. The highest BCUT2D eigenvalue weighted by atomic mass is 35.5. The van der Waals surface area contributed by atoms with E-state index < -0.39 is 0 Å². The van der Waals surface area contributed by atoms with E-state index in [-0.39, 0.29) is 23.7 Å². The highest BCUT2D eigenvalue weighted by Gasteiger charge is 2.35. The molecule has 1 saturated heterocycles. The molecule has 1 fully saturated rings. The molecular formula is C20H29ClN4O2. The third-order valence-electron chi connectivity index (χ3n) is 5.02. The molecule has 2 heterocycles. The number of amides is 1. The summed E-state index contributed by atoms with van der Waals surface area (Å²) in [6, 6.07) is 10.3. The Morgan fingerprint density at radius 2 is 1.96 bits per heavy atom. The van der Waals surface area contributed by atoms with Crippen molar-refractivity contribution in [3.05, 3.63) is 47.6 Å². The Morgan fingerprint density at radius 3 is 2.56 bits per heavy atom. The molecule has 2 N–H and O–H groups in total. The Morgan fingerprint density at radius 1 is 1.26 bits per heavy atom. The van der Waals surface area contributed by atoms with Crippen LogP contribution in [0.5, 0.6) is 0 Å². The molecular weight excluding hydrogens is 364 g/mol. The van der Waals surface area contributed by atoms with Crippen LogP contribution in [0.3, 0.4) is 0 Å². The Labute approximate surface area is 166 Å². The van der Waals surface area contributed by atoms with Crippen LogP contribution in [-0.4, -0.2) is 40.6 Å². The van der Waals surface area contributed by atoms with Gasteiger partial charge in [0.25, 0.3) is 0 Å². The number of nitrogens with two attached hydrogens (primary N) is 1. The van der Waals surface area contributed by atoms with Crippen LogP contribution in [0.1, 0.15) is 50.4 Å². The standard InChI is InChI=1S/C20H28N4O2.ClH/c1-20(2,3)19-22-17(26-23-19)9-10-18(25)24-12-15(11-21)16(13-24)14-7-5-4-6-8-14;/h4-8,15-16H,9-13,21H2,1-3H3;1H/t15-,16+;/m1./s1. The quantitative estimate of drug-likeness (QED) is 0.845. The summed E-state index contributed by atoms with van der Waals surface area (Å²) in [5.74, 6) is 1.93. The van der Waals surface area contributed by atoms with Gasteiger partial charge in [0.05, 0.1) is 0 Å². The lowest BCUT2D eigenvalue weighted by Gasteiger charge is -2.16. The second kappa shape index (κ2) is 8.85. The fourth-order valence-corrected chi connectivity index (χ4v) is 3.42. The van der Waals surface area contributed by atoms with Crippen LogP contribution >= 0.6 is 12.4 Å². The van der Waals surface area contributed by atoms with Crippen molar-refractivity contribution in [2.75, 3.05) is 19.6 Å². The molecule has 0 radical (unpaired) electrons. The number of aryl methyl sites for hydroxylation is 1. The maximum Gasteiger partial charge on any atom is 0.227 e. The predicted octanol–water partition coefficient (Wildman–Crippen LogP) is 2.92. The average Bonchev–Trinajstić information content (AvgIpc) is 3.27. The van der Waals surface area contributed by atoms with E-state index in [9.17, 15) is 4.79 Å². The van der Waals surface area contributed by atoms with Crippen LogP contribution in [-0.2, 0) is 16.6 Å². The molecule has 0 aliphatic carbocycles. The van der Waals surface area contributed by atoms with Crippen molar-refractivity contribution in [2.45, 2.75) is 44.9 Å². The zero-order chi connectivity index (χ0) is 18.7. The van der Waals surface area contributed by atoms with Crippen LogP contribution in [0.4, 0.5) is 0 Å². The molecule has 7 heteroatoms. The zero-order valence-corrected chi connectivity index (χ0v) is 17.0. The van der Waals surface area contributed by atoms with Crippen molar-refractivity contribution in [3.8, 4) is 0 Å². The third-order valence-corrected chi connectivity index (χ3v) is 5.02. The molecule has 148 valence electrons. The molecule has 6 nitrogen and oxygen atoms in total. The van der Waals surface area contributed by atoms with Gasteiger partial charge in [-0.3, -0.25) is 4.79 Å². The first-order valence-electron chi connectivity index (χ1n) is 9.24. The number of halogens is 1. The van der Waals surface area contributed by atoms with E-state index in [4.69, 9.17) is 10.3 Å². The van der Waals surface area contributed by atoms with Gasteiger partial charge < -0.3 is 15.2 Å². The molecule has 0 unspecified atom stereocenters. The lowest BCUT2D eigenvalue weighted by Crippen LogP contribution is -2.30. The maximum absolute atomic E-state index is 12.7. The molecule has 2 aromatic rings. The first-order valence-corrected chi connectivity index (χ1v) is 9.24. The van der Waals surface area contributed by atoms with Crippen LogP contribution in [0.15, 0.2) is 34.9 Å². The first-order chi connectivity index (χ1) is 12.4. The van der Waals surface area contributed by atoms with Gasteiger partial charge in [-0.15, -0.1) is 12.4 Å². The molecule has 0 saturated carbocycles. The third kappa shape index (κ3) is 5.08. The normalized spacial score (nSPS) is 19.8. The summed E-state index contributed by atoms with van der Waals surface area (Å²) in [4.78, 5) is 19.0. The largest absolute Gasteiger partial charge is 0.342 e. The number of benzene rings is 1. The fraction of sp³-hybridized carbons (Fsp3) is 0.550. The number of rotatable bonds is 5. The summed E-state index contributed by atoms with van der Waals surface area (Å²) in [5, 5.41) is 4.01. The van der Waals surface area contributed by atoms with Gasteiger partial charge in [0.15, 0.2) is 5.82 Å². The molecule has 3 rings (SSSR count). The first kappa shape index (κ1) is 21.4. The zero-order valence-electron chi connectivity index (χ0n) is 16.2. The van der Waals surface area contributed by atoms with E-state index in [1.165, 1.54) is 5.56 Å². The molecule has 1 aromatic carbocycles. The van der Waals surface area contributed by atoms with E-state index in [1.807, 2.05) is 43.9 Å². The van der Waals surface area contributed by atoms with E-state index in [2.05, 4.69) is 22.3 Å². The van der Waals surface area contributed by atoms with Gasteiger partial charge in [-0.25, -0.2) is 0 Å². The van der Waals surface area contributed by atoms with Gasteiger partial charge in [0, 0.05) is 37.3 Å². The van der Waals surface area contributed by atoms with E-state index in [1.54, 1.807) is 0 Å². The summed E-state index contributed by atoms with van der Waals surface area (Å²) in [6.07, 6.45) is 0.853. The number of carbonyl (C=O) groups is 1. The number of nitrogens with zero attached hydrogens (tertiary/aromatic N) is 3. The lowest BCUT2D eigenvalue weighted by atomic mass is 9.89. The van der Waals surface area contributed by atoms with Crippen molar-refractivity contribution >= 4 is 18.3 Å². The Hall–Kier alpha value is -1.92. The summed E-state index contributed by atoms with van der Waals surface area (Å²) in [7, 11) is 0. The second-order valence-corrected chi connectivity index (χ2v) is 8.07. The van der Waals surface area contributed by atoms with E-state index in [0.717, 1.165) is 6.54 Å². The summed E-state index contributed by atoms with van der Waals surface area (Å²) < 4.78 is 5.29. The molecule has 0 spiro atoms. The molecule has 1 aromatic heterocycles. The summed E-state index contributed by atoms with van der Waals surface area (Å²) >= 11 is 0. The molecule has 0 bridgehead atoms. The lowest BCUT2D eigenvalue weighted by molar-refractivity contribution is -0.130. The van der Waals surface area contributed by atoms with Crippen LogP contribution in [0, 0.1) is 5.92 Å². The van der Waals surface area contributed by atoms with Crippen molar-refractivity contribution < 1.29 is 9.32 Å². The maximum atomic E-state index is 12.7. The second-order valence-electron chi connectivity index (χ2n) is 8.07. The van der Waals surface area contributed by atoms with Gasteiger partial charge in [-0.05, 0) is 18.0 Å². The van der Waals surface area contributed by atoms with Crippen LogP contribution in [0.2, 0.25) is 0 Å². The van der Waals surface area contributed by atoms with Gasteiger partial charge in [0.1, 0.15) is 0 Å². The minimum atomic E-state index is -0.155. The Kier molecular flexibility index (Phi) is 7.00. The number of carbonyl (C=O) groups excluding carboxylic acids is 1. The monoisotopic (exact) mass is 392 g/mol. The van der Waals surface area contributed by atoms with Crippen LogP contribution in [0.25, 0.3) is 0 Å². The van der Waals surface area contributed by atoms with Crippen molar-refractivity contribution in [1.29, 1.82) is 0 Å². The Balaban J connectivity index is 0.00000261. The van der Waals surface area contributed by atoms with Gasteiger partial charge in [-0.1, -0.05) is 56.3 Å². The molecule has 1 aliphatic rings. The SMILES string of the molecule is CC(C)(C)c1noc(CCC(=O)N2C[C@@H](CN)[C@H](c3ccccc3)C2)n1.Cl. The van der Waals surface area contributed by atoms with Crippen molar-refractivity contribution in [2.24, 2.45) is 11.7 Å². The van der Waals surface area contributed by atoms with Crippen LogP contribution < -0.4 is 5.73 Å².